The number of hydrogen-bond acceptors (Lipinski definition) is 3. The topological polar surface area (TPSA) is 42.4 Å². The molecular weight excluding hydrogens is 348 g/mol. The molecule has 2 N–H and O–H groups in total. The van der Waals surface area contributed by atoms with Crippen LogP contribution in [0, 0.1) is 5.92 Å². The van der Waals surface area contributed by atoms with Gasteiger partial charge in [-0.2, -0.15) is 0 Å². The Morgan fingerprint density at radius 2 is 2.24 bits per heavy atom. The normalized spacial score (nSPS) is 17.7. The maximum Gasteiger partial charge on any atom is 0.183 e. The lowest BCUT2D eigenvalue weighted by Gasteiger charge is -2.28. The van der Waals surface area contributed by atoms with Gasteiger partial charge in [-0.15, -0.1) is 0 Å². The van der Waals surface area contributed by atoms with Crippen LogP contribution in [0.2, 0.25) is 0 Å². The zero-order chi connectivity index (χ0) is 12.4. The van der Waals surface area contributed by atoms with Gasteiger partial charge in [0.15, 0.2) is 4.67 Å². The molecule has 5 heteroatoms. The average molecular weight is 366 g/mol. The third-order valence-electron chi connectivity index (χ3n) is 3.25. The van der Waals surface area contributed by atoms with Crippen molar-refractivity contribution in [3.8, 4) is 0 Å². The maximum absolute atomic E-state index is 5.90. The van der Waals surface area contributed by atoms with Gasteiger partial charge in [0.2, 0.25) is 0 Å². The van der Waals surface area contributed by atoms with Crippen molar-refractivity contribution in [3.63, 3.8) is 0 Å². The molecular formula is C12H18Br2N2O. The average Bonchev–Trinajstić information content (AvgIpc) is 3.06. The highest BCUT2D eigenvalue weighted by Crippen LogP contribution is 2.35. The van der Waals surface area contributed by atoms with Gasteiger partial charge in [-0.05, 0) is 63.2 Å². The molecule has 3 nitrogen and oxygen atoms in total. The Balaban J connectivity index is 2.11. The second kappa shape index (κ2) is 5.87. The van der Waals surface area contributed by atoms with Crippen LogP contribution in [0.3, 0.4) is 0 Å². The first-order valence-electron chi connectivity index (χ1n) is 6.04. The molecule has 17 heavy (non-hydrogen) atoms. The number of halogens is 2. The van der Waals surface area contributed by atoms with E-state index in [-0.39, 0.29) is 6.04 Å². The fourth-order valence-electron chi connectivity index (χ4n) is 2.08. The number of hydrogen-bond donors (Lipinski definition) is 1. The monoisotopic (exact) mass is 364 g/mol. The minimum absolute atomic E-state index is 0.184. The molecule has 2 rings (SSSR count). The van der Waals surface area contributed by atoms with E-state index in [4.69, 9.17) is 10.2 Å². The molecule has 0 aromatic carbocycles. The Hall–Kier alpha value is 0.160. The lowest BCUT2D eigenvalue weighted by molar-refractivity contribution is 0.179. The van der Waals surface area contributed by atoms with Crippen molar-refractivity contribution in [2.45, 2.75) is 25.8 Å². The van der Waals surface area contributed by atoms with Gasteiger partial charge in [0.25, 0.3) is 0 Å². The molecule has 0 amide bonds. The van der Waals surface area contributed by atoms with Crippen molar-refractivity contribution in [2.75, 3.05) is 19.6 Å². The highest BCUT2D eigenvalue weighted by Gasteiger charge is 2.29. The highest BCUT2D eigenvalue weighted by atomic mass is 79.9. The molecule has 1 aromatic rings. The van der Waals surface area contributed by atoms with Gasteiger partial charge in [-0.3, -0.25) is 4.90 Å². The van der Waals surface area contributed by atoms with E-state index in [9.17, 15) is 0 Å². The lowest BCUT2D eigenvalue weighted by Crippen LogP contribution is -2.35. The van der Waals surface area contributed by atoms with Crippen LogP contribution in [0.25, 0.3) is 0 Å². The fraction of sp³-hybridized carbons (Fsp3) is 0.667. The second-order valence-corrected chi connectivity index (χ2v) is 6.13. The van der Waals surface area contributed by atoms with Crippen LogP contribution in [0.1, 0.15) is 31.6 Å². The molecule has 0 radical (unpaired) electrons. The minimum atomic E-state index is 0.184. The van der Waals surface area contributed by atoms with Crippen LogP contribution >= 0.6 is 31.9 Å². The summed E-state index contributed by atoms with van der Waals surface area (Å²) in [5.74, 6) is 1.81. The summed E-state index contributed by atoms with van der Waals surface area (Å²) >= 11 is 6.82. The molecule has 0 aliphatic heterocycles. The highest BCUT2D eigenvalue weighted by molar-refractivity contribution is 9.13. The Morgan fingerprint density at radius 3 is 2.65 bits per heavy atom. The zero-order valence-electron chi connectivity index (χ0n) is 9.96. The molecule has 1 fully saturated rings. The van der Waals surface area contributed by atoms with Gasteiger partial charge >= 0.3 is 0 Å². The molecule has 0 saturated heterocycles. The van der Waals surface area contributed by atoms with E-state index in [0.29, 0.717) is 6.54 Å². The number of furan rings is 1. The number of rotatable bonds is 6. The minimum Gasteiger partial charge on any atom is -0.451 e. The quantitative estimate of drug-likeness (QED) is 0.838. The van der Waals surface area contributed by atoms with Crippen molar-refractivity contribution in [3.05, 3.63) is 21.0 Å². The molecule has 0 bridgehead atoms. The third kappa shape index (κ3) is 3.34. The van der Waals surface area contributed by atoms with E-state index in [2.05, 4.69) is 43.7 Å². The van der Waals surface area contributed by atoms with Crippen molar-refractivity contribution >= 4 is 31.9 Å². The zero-order valence-corrected chi connectivity index (χ0v) is 13.1. The van der Waals surface area contributed by atoms with E-state index < -0.39 is 0 Å². The van der Waals surface area contributed by atoms with Gasteiger partial charge in [-0.1, -0.05) is 6.92 Å². The summed E-state index contributed by atoms with van der Waals surface area (Å²) in [6.45, 7) is 4.91. The predicted molar refractivity (Wildman–Crippen MR) is 75.9 cm³/mol. The Kier molecular flexibility index (Phi) is 4.69. The molecule has 1 aliphatic rings. The van der Waals surface area contributed by atoms with Gasteiger partial charge in [0, 0.05) is 13.1 Å². The molecule has 96 valence electrons. The predicted octanol–water partition coefficient (Wildman–Crippen LogP) is 3.54. The lowest BCUT2D eigenvalue weighted by atomic mass is 10.1. The molecule has 1 aromatic heterocycles. The van der Waals surface area contributed by atoms with Crippen LogP contribution in [0.4, 0.5) is 0 Å². The largest absolute Gasteiger partial charge is 0.451 e. The van der Waals surface area contributed by atoms with Gasteiger partial charge in [-0.25, -0.2) is 0 Å². The smallest absolute Gasteiger partial charge is 0.183 e. The summed E-state index contributed by atoms with van der Waals surface area (Å²) in [6.07, 6.45) is 2.72. The standard InChI is InChI=1S/C12H18Br2N2O/c1-2-16(7-8-3-4-8)10(6-15)11-5-9(13)12(14)17-11/h5,8,10H,2-4,6-7,15H2,1H3. The van der Waals surface area contributed by atoms with Crippen molar-refractivity contribution < 1.29 is 4.42 Å². The van der Waals surface area contributed by atoms with E-state index in [1.165, 1.54) is 12.8 Å². The van der Waals surface area contributed by atoms with E-state index in [1.807, 2.05) is 6.07 Å². The molecule has 0 spiro atoms. The van der Waals surface area contributed by atoms with Crippen LogP contribution < -0.4 is 5.73 Å². The Bertz CT molecular complexity index is 357. The van der Waals surface area contributed by atoms with E-state index in [0.717, 1.165) is 33.9 Å². The van der Waals surface area contributed by atoms with Crippen LogP contribution in [0.5, 0.6) is 0 Å². The van der Waals surface area contributed by atoms with Crippen LogP contribution in [-0.4, -0.2) is 24.5 Å². The summed E-state index contributed by atoms with van der Waals surface area (Å²) in [4.78, 5) is 2.41. The molecule has 1 unspecified atom stereocenters. The third-order valence-corrected chi connectivity index (χ3v) is 4.96. The Morgan fingerprint density at radius 1 is 1.53 bits per heavy atom. The molecule has 1 atom stereocenters. The van der Waals surface area contributed by atoms with E-state index >= 15 is 0 Å². The van der Waals surface area contributed by atoms with Crippen molar-refractivity contribution in [1.29, 1.82) is 0 Å². The van der Waals surface area contributed by atoms with E-state index in [1.54, 1.807) is 0 Å². The van der Waals surface area contributed by atoms with Gasteiger partial charge in [0.1, 0.15) is 5.76 Å². The van der Waals surface area contributed by atoms with Gasteiger partial charge < -0.3 is 10.2 Å². The summed E-state index contributed by atoms with van der Waals surface area (Å²) < 4.78 is 7.40. The van der Waals surface area contributed by atoms with Crippen LogP contribution in [0.15, 0.2) is 19.6 Å². The SMILES string of the molecule is CCN(CC1CC1)C(CN)c1cc(Br)c(Br)o1. The number of likely N-dealkylation sites (N-methyl/N-ethyl adjacent to an activating group) is 1. The Labute approximate surface area is 119 Å². The first kappa shape index (κ1) is 13.6. The second-order valence-electron chi connectivity index (χ2n) is 4.55. The van der Waals surface area contributed by atoms with Crippen molar-refractivity contribution in [1.82, 2.24) is 4.90 Å². The van der Waals surface area contributed by atoms with Crippen molar-refractivity contribution in [2.24, 2.45) is 11.7 Å². The van der Waals surface area contributed by atoms with Gasteiger partial charge in [0.05, 0.1) is 10.5 Å². The first-order valence-corrected chi connectivity index (χ1v) is 7.63. The molecule has 1 aliphatic carbocycles. The maximum atomic E-state index is 5.90. The molecule has 1 saturated carbocycles. The van der Waals surface area contributed by atoms with Crippen LogP contribution in [-0.2, 0) is 0 Å². The first-order chi connectivity index (χ1) is 8.15. The summed E-state index contributed by atoms with van der Waals surface area (Å²) in [6, 6.07) is 2.19. The number of nitrogens with two attached hydrogens (primary N) is 1. The summed E-state index contributed by atoms with van der Waals surface area (Å²) in [5, 5.41) is 0. The fourth-order valence-corrected chi connectivity index (χ4v) is 2.69. The summed E-state index contributed by atoms with van der Waals surface area (Å²) in [7, 11) is 0. The molecule has 1 heterocycles. The summed E-state index contributed by atoms with van der Waals surface area (Å²) in [5.41, 5.74) is 5.90. The number of nitrogens with zero attached hydrogens (tertiary/aromatic N) is 1.